The molecule has 2 aromatic carbocycles. The minimum absolute atomic E-state index is 0.721. The Balaban J connectivity index is 2.48. The van der Waals surface area contributed by atoms with Crippen molar-refractivity contribution in [2.75, 3.05) is 5.50 Å². The van der Waals surface area contributed by atoms with Crippen molar-refractivity contribution >= 4 is 30.8 Å². The Bertz CT molecular complexity index is 528. The van der Waals surface area contributed by atoms with Gasteiger partial charge in [0.05, 0.1) is 0 Å². The normalized spacial score (nSPS) is 10.9. The van der Waals surface area contributed by atoms with Crippen LogP contribution in [0.1, 0.15) is 16.7 Å². The summed E-state index contributed by atoms with van der Waals surface area (Å²) in [6.45, 7) is 6.49. The summed E-state index contributed by atoms with van der Waals surface area (Å²) < 4.78 is 0. The molecular formula is C16H18ClSi. The summed E-state index contributed by atoms with van der Waals surface area (Å²) in [5.74, 6) is 0. The highest BCUT2D eigenvalue weighted by molar-refractivity contribution is 6.89. The fourth-order valence-corrected chi connectivity index (χ4v) is 5.53. The lowest BCUT2D eigenvalue weighted by molar-refractivity contribution is 1.40. The number of hydrogen-bond acceptors (Lipinski definition) is 0. The molecule has 0 unspecified atom stereocenters. The first-order valence-corrected chi connectivity index (χ1v) is 8.42. The van der Waals surface area contributed by atoms with Crippen LogP contribution in [0, 0.1) is 20.8 Å². The van der Waals surface area contributed by atoms with E-state index in [1.165, 1.54) is 27.1 Å². The molecule has 0 aliphatic carbocycles. The van der Waals surface area contributed by atoms with E-state index in [1.807, 2.05) is 0 Å². The largest absolute Gasteiger partial charge is 0.136 e. The molecule has 0 aliphatic rings. The first-order chi connectivity index (χ1) is 8.61. The van der Waals surface area contributed by atoms with Crippen molar-refractivity contribution in [2.45, 2.75) is 20.8 Å². The molecule has 0 amide bonds. The standard InChI is InChI=1S/C16H18ClSi/c1-12-8-13(2)10-15(9-12)18(11-17)16-7-5-4-6-14(16)3/h4-10H,11H2,1-3H3. The van der Waals surface area contributed by atoms with Gasteiger partial charge in [-0.3, -0.25) is 0 Å². The van der Waals surface area contributed by atoms with Gasteiger partial charge in [0.25, 0.3) is 0 Å². The number of benzene rings is 2. The van der Waals surface area contributed by atoms with Crippen LogP contribution in [0.2, 0.25) is 0 Å². The van der Waals surface area contributed by atoms with E-state index < -0.39 is 8.80 Å². The monoisotopic (exact) mass is 273 g/mol. The molecule has 18 heavy (non-hydrogen) atoms. The lowest BCUT2D eigenvalue weighted by Gasteiger charge is -2.16. The van der Waals surface area contributed by atoms with E-state index in [4.69, 9.17) is 11.6 Å². The highest BCUT2D eigenvalue weighted by Crippen LogP contribution is 2.04. The summed E-state index contributed by atoms with van der Waals surface area (Å²) in [5, 5.41) is 2.85. The molecule has 0 nitrogen and oxygen atoms in total. The minimum atomic E-state index is -0.848. The lowest BCUT2D eigenvalue weighted by Crippen LogP contribution is -2.45. The van der Waals surface area contributed by atoms with Gasteiger partial charge >= 0.3 is 0 Å². The Morgan fingerprint density at radius 2 is 1.56 bits per heavy atom. The molecule has 2 rings (SSSR count). The highest BCUT2D eigenvalue weighted by atomic mass is 35.5. The van der Waals surface area contributed by atoms with Crippen molar-refractivity contribution in [3.63, 3.8) is 0 Å². The van der Waals surface area contributed by atoms with Crippen LogP contribution in [0.15, 0.2) is 42.5 Å². The summed E-state index contributed by atoms with van der Waals surface area (Å²) in [7, 11) is -0.848. The summed E-state index contributed by atoms with van der Waals surface area (Å²) >= 11 is 6.26. The van der Waals surface area contributed by atoms with Crippen molar-refractivity contribution in [3.8, 4) is 0 Å². The van der Waals surface area contributed by atoms with E-state index in [2.05, 4.69) is 63.2 Å². The topological polar surface area (TPSA) is 0 Å². The lowest BCUT2D eigenvalue weighted by atomic mass is 10.2. The van der Waals surface area contributed by atoms with Crippen LogP contribution < -0.4 is 10.4 Å². The number of halogens is 1. The van der Waals surface area contributed by atoms with Crippen molar-refractivity contribution in [1.29, 1.82) is 0 Å². The quantitative estimate of drug-likeness (QED) is 0.596. The second kappa shape index (κ2) is 5.72. The smallest absolute Gasteiger partial charge is 0.130 e. The second-order valence-corrected chi connectivity index (χ2v) is 7.95. The van der Waals surface area contributed by atoms with E-state index in [1.54, 1.807) is 0 Å². The van der Waals surface area contributed by atoms with Crippen LogP contribution in [0.4, 0.5) is 0 Å². The Labute approximate surface area is 116 Å². The number of alkyl halides is 1. The molecule has 0 saturated heterocycles. The maximum atomic E-state index is 6.26. The molecule has 0 aromatic heterocycles. The van der Waals surface area contributed by atoms with E-state index in [9.17, 15) is 0 Å². The molecule has 2 aromatic rings. The second-order valence-electron chi connectivity index (χ2n) is 4.80. The number of hydrogen-bond donors (Lipinski definition) is 0. The third-order valence-corrected chi connectivity index (χ3v) is 6.44. The average molecular weight is 274 g/mol. The number of rotatable bonds is 3. The molecule has 2 heteroatoms. The maximum absolute atomic E-state index is 6.26. The van der Waals surface area contributed by atoms with Crippen molar-refractivity contribution in [2.24, 2.45) is 0 Å². The van der Waals surface area contributed by atoms with Gasteiger partial charge in [-0.25, -0.2) is 0 Å². The molecule has 0 saturated carbocycles. The van der Waals surface area contributed by atoms with Gasteiger partial charge in [0.15, 0.2) is 0 Å². The molecule has 0 bridgehead atoms. The Hall–Kier alpha value is -1.05. The van der Waals surface area contributed by atoms with Gasteiger partial charge in [0.2, 0.25) is 0 Å². The van der Waals surface area contributed by atoms with Crippen molar-refractivity contribution < 1.29 is 0 Å². The molecule has 93 valence electrons. The van der Waals surface area contributed by atoms with Gasteiger partial charge in [-0.1, -0.05) is 69.5 Å². The Morgan fingerprint density at radius 1 is 0.944 bits per heavy atom. The molecular weight excluding hydrogens is 256 g/mol. The van der Waals surface area contributed by atoms with Crippen LogP contribution >= 0.6 is 11.6 Å². The molecule has 0 aliphatic heterocycles. The zero-order valence-electron chi connectivity index (χ0n) is 11.1. The third kappa shape index (κ3) is 2.85. The summed E-state index contributed by atoms with van der Waals surface area (Å²) in [5.41, 5.74) is 4.72. The van der Waals surface area contributed by atoms with Crippen LogP contribution in [0.25, 0.3) is 0 Å². The fourth-order valence-electron chi connectivity index (χ4n) is 2.37. The molecule has 0 fully saturated rings. The first-order valence-electron chi connectivity index (χ1n) is 6.18. The molecule has 0 N–H and O–H groups in total. The van der Waals surface area contributed by atoms with Crippen LogP contribution in [0.3, 0.4) is 0 Å². The fraction of sp³-hybridized carbons (Fsp3) is 0.250. The Kier molecular flexibility index (Phi) is 4.26. The zero-order chi connectivity index (χ0) is 13.1. The summed E-state index contributed by atoms with van der Waals surface area (Å²) in [6, 6.07) is 15.4. The van der Waals surface area contributed by atoms with Gasteiger partial charge < -0.3 is 0 Å². The summed E-state index contributed by atoms with van der Waals surface area (Å²) in [6.07, 6.45) is 0. The van der Waals surface area contributed by atoms with Crippen molar-refractivity contribution in [3.05, 3.63) is 59.2 Å². The zero-order valence-corrected chi connectivity index (χ0v) is 12.9. The van der Waals surface area contributed by atoms with Crippen LogP contribution in [-0.4, -0.2) is 14.3 Å². The van der Waals surface area contributed by atoms with E-state index in [0.29, 0.717) is 0 Å². The van der Waals surface area contributed by atoms with Gasteiger partial charge in [0, 0.05) is 5.50 Å². The third-order valence-electron chi connectivity index (χ3n) is 3.17. The van der Waals surface area contributed by atoms with Gasteiger partial charge in [-0.2, -0.15) is 0 Å². The molecule has 0 spiro atoms. The molecule has 1 radical (unpaired) electrons. The number of aryl methyl sites for hydroxylation is 3. The predicted octanol–water partition coefficient (Wildman–Crippen LogP) is 3.00. The SMILES string of the molecule is Cc1cc(C)cc([Si](CCl)c2ccccc2C)c1. The van der Waals surface area contributed by atoms with Crippen LogP contribution in [-0.2, 0) is 0 Å². The average Bonchev–Trinajstić information content (AvgIpc) is 2.31. The first kappa shape index (κ1) is 13.4. The van der Waals surface area contributed by atoms with Gasteiger partial charge in [-0.05, 0) is 20.8 Å². The van der Waals surface area contributed by atoms with Crippen LogP contribution in [0.5, 0.6) is 0 Å². The predicted molar refractivity (Wildman–Crippen MR) is 82.8 cm³/mol. The minimum Gasteiger partial charge on any atom is -0.130 e. The van der Waals surface area contributed by atoms with E-state index in [0.717, 1.165) is 5.50 Å². The van der Waals surface area contributed by atoms with E-state index in [-0.39, 0.29) is 0 Å². The van der Waals surface area contributed by atoms with E-state index >= 15 is 0 Å². The van der Waals surface area contributed by atoms with Gasteiger partial charge in [0.1, 0.15) is 8.80 Å². The molecule has 0 heterocycles. The highest BCUT2D eigenvalue weighted by Gasteiger charge is 2.17. The van der Waals surface area contributed by atoms with Gasteiger partial charge in [-0.15, -0.1) is 11.6 Å². The maximum Gasteiger partial charge on any atom is 0.136 e. The van der Waals surface area contributed by atoms with Crippen molar-refractivity contribution in [1.82, 2.24) is 0 Å². The summed E-state index contributed by atoms with van der Waals surface area (Å²) in [4.78, 5) is 0. The Morgan fingerprint density at radius 3 is 2.11 bits per heavy atom. The molecule has 0 atom stereocenters.